The lowest BCUT2D eigenvalue weighted by Crippen LogP contribution is -2.30. The minimum atomic E-state index is -0.480. The van der Waals surface area contributed by atoms with Crippen molar-refractivity contribution in [1.82, 2.24) is 5.32 Å². The highest BCUT2D eigenvalue weighted by Crippen LogP contribution is 2.30. The summed E-state index contributed by atoms with van der Waals surface area (Å²) in [5, 5.41) is 8.25. The monoisotopic (exact) mass is 657 g/mol. The molecule has 7 nitrogen and oxygen atoms in total. The average molecular weight is 659 g/mol. The molecule has 9 heteroatoms. The molecule has 0 saturated heterocycles. The van der Waals surface area contributed by atoms with Crippen LogP contribution in [-0.2, 0) is 9.59 Å². The Morgan fingerprint density at radius 3 is 2.30 bits per heavy atom. The molecule has 0 aliphatic heterocycles. The zero-order valence-electron chi connectivity index (χ0n) is 23.8. The molecule has 1 unspecified atom stereocenters. The van der Waals surface area contributed by atoms with Gasteiger partial charge in [-0.15, -0.1) is 11.8 Å². The number of halogens is 1. The first kappa shape index (κ1) is 31.6. The topological polar surface area (TPSA) is 96.5 Å². The number of hydrogen-bond acceptors (Lipinski definition) is 5. The van der Waals surface area contributed by atoms with Crippen LogP contribution in [-0.4, -0.2) is 29.6 Å². The van der Waals surface area contributed by atoms with Crippen LogP contribution >= 0.6 is 27.7 Å². The van der Waals surface area contributed by atoms with E-state index in [0.29, 0.717) is 35.7 Å². The number of carbonyl (C=O) groups excluding carboxylic acids is 3. The maximum atomic E-state index is 13.5. The molecular weight excluding hydrogens is 626 g/mol. The van der Waals surface area contributed by atoms with Gasteiger partial charge in [-0.1, -0.05) is 71.4 Å². The van der Waals surface area contributed by atoms with Gasteiger partial charge in [0.2, 0.25) is 5.91 Å². The fourth-order valence-corrected chi connectivity index (χ4v) is 5.34. The maximum absolute atomic E-state index is 13.5. The Hall–Kier alpha value is -4.34. The number of para-hydroxylation sites is 2. The number of amides is 3. The summed E-state index contributed by atoms with van der Waals surface area (Å²) in [6, 6.07) is 30.7. The van der Waals surface area contributed by atoms with Crippen LogP contribution in [0, 0.1) is 0 Å². The largest absolute Gasteiger partial charge is 0.492 e. The Balaban J connectivity index is 1.49. The second kappa shape index (κ2) is 15.8. The lowest BCUT2D eigenvalue weighted by molar-refractivity contribution is -0.116. The molecule has 4 aromatic rings. The molecule has 3 N–H and O–H groups in total. The molecule has 4 rings (SSSR count). The molecule has 0 aliphatic rings. The van der Waals surface area contributed by atoms with Gasteiger partial charge < -0.3 is 20.7 Å². The van der Waals surface area contributed by atoms with Gasteiger partial charge in [0.05, 0.1) is 17.5 Å². The standard InChI is InChI=1S/C34H32BrN3O4S/c1-3-31(34(41)37-28-15-8-9-16-30(28)42-4-2)43-27-14-10-13-26(22-27)36-33(40)29(21-23-17-19-25(35)20-18-23)38-32(39)24-11-6-5-7-12-24/h5-22,31H,3-4H2,1-2H3,(H,36,40)(H,37,41)(H,38,39)/b29-21+. The lowest BCUT2D eigenvalue weighted by Gasteiger charge is -2.17. The number of nitrogens with one attached hydrogen (secondary N) is 3. The molecule has 0 aromatic heterocycles. The van der Waals surface area contributed by atoms with Crippen molar-refractivity contribution in [1.29, 1.82) is 0 Å². The van der Waals surface area contributed by atoms with Gasteiger partial charge >= 0.3 is 0 Å². The zero-order chi connectivity index (χ0) is 30.6. The third-order valence-corrected chi connectivity index (χ3v) is 8.07. The van der Waals surface area contributed by atoms with Gasteiger partial charge in [0.1, 0.15) is 11.4 Å². The van der Waals surface area contributed by atoms with Crippen LogP contribution in [0.4, 0.5) is 11.4 Å². The Morgan fingerprint density at radius 1 is 0.860 bits per heavy atom. The number of hydrogen-bond donors (Lipinski definition) is 3. The van der Waals surface area contributed by atoms with E-state index in [9.17, 15) is 14.4 Å². The van der Waals surface area contributed by atoms with Gasteiger partial charge in [-0.05, 0) is 79.6 Å². The van der Waals surface area contributed by atoms with Crippen LogP contribution in [0.25, 0.3) is 6.08 Å². The average Bonchev–Trinajstić information content (AvgIpc) is 3.02. The maximum Gasteiger partial charge on any atom is 0.272 e. The number of thioether (sulfide) groups is 1. The van der Waals surface area contributed by atoms with Crippen molar-refractivity contribution < 1.29 is 19.1 Å². The van der Waals surface area contributed by atoms with Gasteiger partial charge in [-0.2, -0.15) is 0 Å². The fraction of sp³-hybridized carbons (Fsp3) is 0.147. The summed E-state index contributed by atoms with van der Waals surface area (Å²) in [5.74, 6) is -0.399. The molecule has 0 bridgehead atoms. The predicted octanol–water partition coefficient (Wildman–Crippen LogP) is 7.77. The first-order valence-electron chi connectivity index (χ1n) is 13.8. The van der Waals surface area contributed by atoms with Crippen LogP contribution in [0.5, 0.6) is 5.75 Å². The summed E-state index contributed by atoms with van der Waals surface area (Å²) >= 11 is 4.82. The van der Waals surface area contributed by atoms with Crippen molar-refractivity contribution in [2.75, 3.05) is 17.2 Å². The Labute approximate surface area is 264 Å². The van der Waals surface area contributed by atoms with E-state index in [-0.39, 0.29) is 16.9 Å². The van der Waals surface area contributed by atoms with Crippen LogP contribution < -0.4 is 20.7 Å². The van der Waals surface area contributed by atoms with E-state index in [1.807, 2.05) is 86.6 Å². The first-order valence-corrected chi connectivity index (χ1v) is 15.5. The van der Waals surface area contributed by atoms with Crippen LogP contribution in [0.3, 0.4) is 0 Å². The normalized spacial score (nSPS) is 11.7. The molecule has 0 aliphatic carbocycles. The van der Waals surface area contributed by atoms with Crippen LogP contribution in [0.2, 0.25) is 0 Å². The van der Waals surface area contributed by atoms with Gasteiger partial charge in [0, 0.05) is 20.6 Å². The molecule has 0 saturated carbocycles. The van der Waals surface area contributed by atoms with Gasteiger partial charge in [0.15, 0.2) is 0 Å². The SMILES string of the molecule is CCOc1ccccc1NC(=O)C(CC)Sc1cccc(NC(=O)/C(=C\c2ccc(Br)cc2)NC(=O)c2ccccc2)c1. The Kier molecular flexibility index (Phi) is 11.6. The predicted molar refractivity (Wildman–Crippen MR) is 177 cm³/mol. The van der Waals surface area contributed by atoms with Gasteiger partial charge in [-0.25, -0.2) is 0 Å². The molecule has 0 spiro atoms. The number of anilines is 2. The fourth-order valence-electron chi connectivity index (χ4n) is 4.06. The van der Waals surface area contributed by atoms with E-state index >= 15 is 0 Å². The highest BCUT2D eigenvalue weighted by atomic mass is 79.9. The molecule has 220 valence electrons. The second-order valence-corrected chi connectivity index (χ2v) is 11.5. The van der Waals surface area contributed by atoms with Crippen molar-refractivity contribution in [3.8, 4) is 5.75 Å². The minimum Gasteiger partial charge on any atom is -0.492 e. The van der Waals surface area contributed by atoms with E-state index in [1.54, 1.807) is 36.4 Å². The van der Waals surface area contributed by atoms with Crippen molar-refractivity contribution in [2.24, 2.45) is 0 Å². The molecule has 43 heavy (non-hydrogen) atoms. The van der Waals surface area contributed by atoms with E-state index in [4.69, 9.17) is 4.74 Å². The zero-order valence-corrected chi connectivity index (χ0v) is 26.2. The van der Waals surface area contributed by atoms with E-state index < -0.39 is 11.8 Å². The molecule has 1 atom stereocenters. The van der Waals surface area contributed by atoms with Crippen molar-refractivity contribution in [3.63, 3.8) is 0 Å². The number of ether oxygens (including phenoxy) is 1. The summed E-state index contributed by atoms with van der Waals surface area (Å²) in [6.07, 6.45) is 2.22. The number of benzene rings is 4. The Morgan fingerprint density at radius 2 is 1.58 bits per heavy atom. The number of carbonyl (C=O) groups is 3. The third-order valence-electron chi connectivity index (χ3n) is 6.19. The lowest BCUT2D eigenvalue weighted by atomic mass is 10.1. The molecule has 0 heterocycles. The quantitative estimate of drug-likeness (QED) is 0.107. The minimum absolute atomic E-state index is 0.0907. The van der Waals surface area contributed by atoms with Crippen LogP contribution in [0.1, 0.15) is 36.2 Å². The van der Waals surface area contributed by atoms with Gasteiger partial charge in [0.25, 0.3) is 11.8 Å². The summed E-state index contributed by atoms with van der Waals surface area (Å²) in [7, 11) is 0. The van der Waals surface area contributed by atoms with Gasteiger partial charge in [-0.3, -0.25) is 14.4 Å². The molecular formula is C34H32BrN3O4S. The smallest absolute Gasteiger partial charge is 0.272 e. The van der Waals surface area contributed by atoms with Crippen molar-refractivity contribution >= 4 is 62.9 Å². The molecule has 4 aromatic carbocycles. The highest BCUT2D eigenvalue weighted by molar-refractivity contribution is 9.10. The third kappa shape index (κ3) is 9.33. The van der Waals surface area contributed by atoms with Crippen molar-refractivity contribution in [3.05, 3.63) is 124 Å². The Bertz CT molecular complexity index is 1590. The second-order valence-electron chi connectivity index (χ2n) is 9.34. The number of rotatable bonds is 12. The summed E-state index contributed by atoms with van der Waals surface area (Å²) < 4.78 is 6.54. The molecule has 3 amide bonds. The highest BCUT2D eigenvalue weighted by Gasteiger charge is 2.20. The summed E-state index contributed by atoms with van der Waals surface area (Å²) in [5.41, 5.74) is 2.42. The summed E-state index contributed by atoms with van der Waals surface area (Å²) in [4.78, 5) is 40.4. The van der Waals surface area contributed by atoms with E-state index in [1.165, 1.54) is 11.8 Å². The van der Waals surface area contributed by atoms with Crippen molar-refractivity contribution in [2.45, 2.75) is 30.4 Å². The van der Waals surface area contributed by atoms with Crippen LogP contribution in [0.15, 0.2) is 118 Å². The molecule has 0 fully saturated rings. The van der Waals surface area contributed by atoms with E-state index in [0.717, 1.165) is 14.9 Å². The van der Waals surface area contributed by atoms with E-state index in [2.05, 4.69) is 31.9 Å². The first-order chi connectivity index (χ1) is 20.9. The summed E-state index contributed by atoms with van der Waals surface area (Å²) in [6.45, 7) is 4.34. The molecule has 0 radical (unpaired) electrons.